The lowest BCUT2D eigenvalue weighted by molar-refractivity contribution is -0.163. The Hall–Kier alpha value is -4.04. The van der Waals surface area contributed by atoms with Gasteiger partial charge < -0.3 is 24.9 Å². The van der Waals surface area contributed by atoms with Crippen LogP contribution in [0.5, 0.6) is 5.75 Å². The summed E-state index contributed by atoms with van der Waals surface area (Å²) in [6.07, 6.45) is 7.04. The van der Waals surface area contributed by atoms with Crippen molar-refractivity contribution in [2.75, 3.05) is 11.4 Å². The van der Waals surface area contributed by atoms with Gasteiger partial charge in [-0.15, -0.1) is 0 Å². The maximum Gasteiger partial charge on any atom is 0.434 e. The van der Waals surface area contributed by atoms with Crippen LogP contribution in [0.4, 0.5) is 33.6 Å². The number of benzene rings is 1. The molecule has 15 heteroatoms. The number of ether oxygens (including phenoxy) is 1. The molecule has 1 spiro atoms. The molecular weight excluding hydrogens is 749 g/mol. The Morgan fingerprint density at radius 1 is 0.895 bits per heavy atom. The van der Waals surface area contributed by atoms with Crippen molar-refractivity contribution in [1.29, 1.82) is 0 Å². The third-order valence-corrected chi connectivity index (χ3v) is 14.5. The van der Waals surface area contributed by atoms with Crippen LogP contribution in [0.2, 0.25) is 0 Å². The summed E-state index contributed by atoms with van der Waals surface area (Å²) in [6, 6.07) is 5.69. The smallest absolute Gasteiger partial charge is 0.434 e. The molecule has 1 aliphatic heterocycles. The minimum atomic E-state index is -5.00. The first-order valence-electron chi connectivity index (χ1n) is 20.9. The summed E-state index contributed by atoms with van der Waals surface area (Å²) in [4.78, 5) is 42.6. The fraction of sp³-hybridized carbons (Fsp3) is 0.690. The van der Waals surface area contributed by atoms with Gasteiger partial charge >= 0.3 is 12.1 Å². The van der Waals surface area contributed by atoms with Gasteiger partial charge in [0.1, 0.15) is 17.4 Å². The number of oxime groups is 1. The Bertz CT molecular complexity index is 1880. The van der Waals surface area contributed by atoms with Gasteiger partial charge in [0.05, 0.1) is 17.4 Å². The van der Waals surface area contributed by atoms with E-state index >= 15 is 0 Å². The molecule has 0 unspecified atom stereocenters. The van der Waals surface area contributed by atoms with Crippen LogP contribution >= 0.6 is 0 Å². The van der Waals surface area contributed by atoms with Gasteiger partial charge in [-0.05, 0) is 131 Å². The molecule has 7 aliphatic carbocycles. The monoisotopic (exact) mass is 799 g/mol. The first-order chi connectivity index (χ1) is 27.2. The second kappa shape index (κ2) is 14.4. The quantitative estimate of drug-likeness (QED) is 0.200. The number of hydrogen-bond acceptors (Lipinski definition) is 8. The van der Waals surface area contributed by atoms with E-state index in [0.717, 1.165) is 63.1 Å². The number of carboxylic acid groups (broad SMARTS) is 1. The van der Waals surface area contributed by atoms with Crippen LogP contribution in [0.25, 0.3) is 0 Å². The van der Waals surface area contributed by atoms with Gasteiger partial charge in [-0.1, -0.05) is 24.4 Å². The Balaban J connectivity index is 0.929. The van der Waals surface area contributed by atoms with Crippen molar-refractivity contribution in [3.05, 3.63) is 41.2 Å². The Morgan fingerprint density at radius 2 is 1.54 bits per heavy atom. The molecule has 1 aromatic carbocycles. The third-order valence-electron chi connectivity index (χ3n) is 14.5. The van der Waals surface area contributed by atoms with E-state index in [4.69, 9.17) is 9.57 Å². The van der Waals surface area contributed by atoms with Crippen LogP contribution < -0.4 is 15.0 Å². The number of nitrogens with zero attached hydrogens (tertiary/aromatic N) is 4. The highest BCUT2D eigenvalue weighted by molar-refractivity contribution is 5.99. The number of nitrogens with one attached hydrogen (secondary N) is 1. The Labute approximate surface area is 328 Å². The van der Waals surface area contributed by atoms with E-state index in [1.807, 2.05) is 18.2 Å². The molecule has 57 heavy (non-hydrogen) atoms. The highest BCUT2D eigenvalue weighted by Gasteiger charge is 2.62. The number of rotatable bonds is 8. The van der Waals surface area contributed by atoms with E-state index < -0.39 is 40.8 Å². The van der Waals surface area contributed by atoms with E-state index in [-0.39, 0.29) is 61.1 Å². The lowest BCUT2D eigenvalue weighted by atomic mass is 9.48. The number of carbonyl (C=O) groups excluding carboxylic acids is 1. The second-order valence-corrected chi connectivity index (χ2v) is 18.1. The molecule has 2 aromatic rings. The fourth-order valence-corrected chi connectivity index (χ4v) is 11.8. The summed E-state index contributed by atoms with van der Waals surface area (Å²) in [7, 11) is 0. The maximum absolute atomic E-state index is 14.8. The summed E-state index contributed by atoms with van der Waals surface area (Å²) in [5.41, 5.74) is -1.75. The first kappa shape index (κ1) is 38.5. The van der Waals surface area contributed by atoms with E-state index in [0.29, 0.717) is 74.1 Å². The highest BCUT2D eigenvalue weighted by Crippen LogP contribution is 2.59. The van der Waals surface area contributed by atoms with Crippen LogP contribution in [0.3, 0.4) is 0 Å². The van der Waals surface area contributed by atoms with Crippen LogP contribution in [0, 0.1) is 23.7 Å². The van der Waals surface area contributed by atoms with Crippen molar-refractivity contribution < 1.29 is 46.2 Å². The average molecular weight is 800 g/mol. The van der Waals surface area contributed by atoms with Gasteiger partial charge in [0.2, 0.25) is 11.9 Å². The topological polar surface area (TPSA) is 126 Å². The highest BCUT2D eigenvalue weighted by atomic mass is 19.4. The van der Waals surface area contributed by atoms with Gasteiger partial charge in [-0.25, -0.2) is 23.5 Å². The number of aliphatic carboxylic acids is 1. The number of fused-ring (bicyclic) bond motifs is 2. The number of anilines is 2. The summed E-state index contributed by atoms with van der Waals surface area (Å²) in [5, 5.41) is 17.3. The van der Waals surface area contributed by atoms with Crippen molar-refractivity contribution in [2.45, 2.75) is 151 Å². The summed E-state index contributed by atoms with van der Waals surface area (Å²) in [5.74, 6) is -4.29. The number of amides is 1. The number of alkyl halides is 5. The van der Waals surface area contributed by atoms with Crippen molar-refractivity contribution >= 4 is 29.2 Å². The Kier molecular flexibility index (Phi) is 9.69. The van der Waals surface area contributed by atoms with Crippen molar-refractivity contribution in [3.63, 3.8) is 0 Å². The molecule has 2 heterocycles. The molecule has 1 aromatic heterocycles. The summed E-state index contributed by atoms with van der Waals surface area (Å²) in [6.45, 7) is 0.380. The van der Waals surface area contributed by atoms with E-state index in [1.165, 1.54) is 0 Å². The summed E-state index contributed by atoms with van der Waals surface area (Å²) < 4.78 is 78.0. The predicted octanol–water partition coefficient (Wildman–Crippen LogP) is 9.13. The molecule has 8 aliphatic rings. The fourth-order valence-electron chi connectivity index (χ4n) is 11.8. The molecule has 7 saturated carbocycles. The van der Waals surface area contributed by atoms with Gasteiger partial charge in [0, 0.05) is 36.7 Å². The summed E-state index contributed by atoms with van der Waals surface area (Å²) >= 11 is 0. The number of aromatic nitrogens is 2. The van der Waals surface area contributed by atoms with Gasteiger partial charge in [-0.3, -0.25) is 4.79 Å². The van der Waals surface area contributed by atoms with Crippen molar-refractivity contribution in [1.82, 2.24) is 15.3 Å². The van der Waals surface area contributed by atoms with Crippen LogP contribution in [-0.4, -0.2) is 62.9 Å². The standard InChI is InChI=1S/C42H50F5N5O5/c43-40(44)14-10-28(11-15-40)51-57-30-6-4-29(5-7-30)56-31-8-9-34-33(21-31)39(12-2-1-3-13-39)23-52(34)38-48-22-32(35(49-38)42(45,46)47)36(53)50-41(37(54)55)26-17-24-16-25(19-26)20-27(41)18-24/h8-9,21-22,24-27,29-30H,1-7,10-20,23H2,(H,50,53)(H,54,55)/t24?,25?,26?,27?,29-,30-,41?. The second-order valence-electron chi connectivity index (χ2n) is 18.1. The molecule has 2 N–H and O–H groups in total. The number of hydrogen-bond donors (Lipinski definition) is 2. The van der Waals surface area contributed by atoms with Crippen molar-refractivity contribution in [2.24, 2.45) is 28.8 Å². The molecule has 0 saturated heterocycles. The molecule has 1 amide bonds. The number of halogens is 5. The lowest BCUT2D eigenvalue weighted by Crippen LogP contribution is -2.70. The molecular formula is C42H50F5N5O5. The van der Waals surface area contributed by atoms with Crippen molar-refractivity contribution in [3.8, 4) is 5.75 Å². The minimum Gasteiger partial charge on any atom is -0.490 e. The van der Waals surface area contributed by atoms with Crippen LogP contribution in [0.15, 0.2) is 29.6 Å². The molecule has 0 atom stereocenters. The molecule has 308 valence electrons. The van der Waals surface area contributed by atoms with Crippen LogP contribution in [-0.2, 0) is 21.2 Å². The molecule has 10 nitrogen and oxygen atoms in total. The molecule has 10 rings (SSSR count). The van der Waals surface area contributed by atoms with Gasteiger partial charge in [0.15, 0.2) is 5.69 Å². The maximum atomic E-state index is 14.8. The zero-order valence-corrected chi connectivity index (χ0v) is 32.0. The van der Waals surface area contributed by atoms with E-state index in [1.54, 1.807) is 4.90 Å². The van der Waals surface area contributed by atoms with Gasteiger partial charge in [-0.2, -0.15) is 13.2 Å². The SMILES string of the molecule is O=C(NC1(C(=O)O)C2CC3CC(C2)CC1C3)c1cnc(N2CC3(CCCCC3)c3cc(O[C@H]4CC[C@H](ON=C5CCC(F)(F)CC5)CC4)ccc32)nc1C(F)(F)F. The molecule has 0 radical (unpaired) electrons. The lowest BCUT2D eigenvalue weighted by Gasteiger charge is -2.59. The molecule has 7 fully saturated rings. The van der Waals surface area contributed by atoms with Gasteiger partial charge in [0.25, 0.3) is 5.91 Å². The molecule has 4 bridgehead atoms. The number of carboxylic acids is 1. The van der Waals surface area contributed by atoms with Crippen LogP contribution in [0.1, 0.15) is 137 Å². The number of carbonyl (C=O) groups is 2. The first-order valence-corrected chi connectivity index (χ1v) is 20.9. The average Bonchev–Trinajstić information content (AvgIpc) is 3.48. The third kappa shape index (κ3) is 7.12. The Morgan fingerprint density at radius 3 is 2.18 bits per heavy atom. The minimum absolute atomic E-state index is 0.0701. The van der Waals surface area contributed by atoms with E-state index in [9.17, 15) is 36.6 Å². The predicted molar refractivity (Wildman–Crippen MR) is 199 cm³/mol. The normalized spacial score (nSPS) is 32.5. The van der Waals surface area contributed by atoms with E-state index in [2.05, 4.69) is 20.4 Å². The largest absolute Gasteiger partial charge is 0.490 e. The zero-order valence-electron chi connectivity index (χ0n) is 32.0. The zero-order chi connectivity index (χ0) is 39.7.